The lowest BCUT2D eigenvalue weighted by Crippen LogP contribution is -2.53. The molecule has 1 saturated carbocycles. The molecule has 8 nitrogen and oxygen atoms in total. The molecule has 1 aliphatic carbocycles. The van der Waals surface area contributed by atoms with Crippen molar-refractivity contribution in [2.75, 3.05) is 31.1 Å². The van der Waals surface area contributed by atoms with E-state index in [0.29, 0.717) is 43.4 Å². The number of rotatable bonds is 3. The van der Waals surface area contributed by atoms with Gasteiger partial charge in [-0.1, -0.05) is 0 Å². The van der Waals surface area contributed by atoms with E-state index in [9.17, 15) is 18.0 Å². The number of sulfone groups is 1. The van der Waals surface area contributed by atoms with Crippen molar-refractivity contribution in [3.05, 3.63) is 0 Å². The van der Waals surface area contributed by atoms with Crippen LogP contribution in [-0.4, -0.2) is 79.9 Å². The molecule has 0 radical (unpaired) electrons. The third-order valence-corrected chi connectivity index (χ3v) is 8.93. The molecule has 3 heterocycles. The number of halogens is 1. The number of urea groups is 1. The maximum atomic E-state index is 12.5. The lowest BCUT2D eigenvalue weighted by atomic mass is 9.75. The first-order valence-corrected chi connectivity index (χ1v) is 12.5. The Bertz CT molecular complexity index is 733. The van der Waals surface area contributed by atoms with Crippen LogP contribution in [0, 0.1) is 11.8 Å². The summed E-state index contributed by atoms with van der Waals surface area (Å²) in [6.07, 6.45) is 4.62. The normalized spacial score (nSPS) is 39.1. The van der Waals surface area contributed by atoms with Gasteiger partial charge in [-0.15, -0.1) is 11.6 Å². The van der Waals surface area contributed by atoms with Crippen LogP contribution in [0.2, 0.25) is 0 Å². The minimum atomic E-state index is -3.04. The molecule has 4 aliphatic rings. The Labute approximate surface area is 171 Å². The summed E-state index contributed by atoms with van der Waals surface area (Å²) in [6.45, 7) is 1.21. The molecule has 3 amide bonds. The van der Waals surface area contributed by atoms with Crippen molar-refractivity contribution in [2.24, 2.45) is 11.8 Å². The van der Waals surface area contributed by atoms with E-state index < -0.39 is 9.84 Å². The number of amides is 3. The SMILES string of the molecule is O=C(CNC(=O)N1CCC2C(C1)NC1CCC(Cl)CC12)N[C@@H]1CCS(=O)(=O)C1. The van der Waals surface area contributed by atoms with Gasteiger partial charge in [0.2, 0.25) is 5.91 Å². The fraction of sp³-hybridized carbons (Fsp3) is 0.889. The molecule has 4 fully saturated rings. The van der Waals surface area contributed by atoms with Gasteiger partial charge in [0.05, 0.1) is 18.1 Å². The molecule has 3 saturated heterocycles. The highest BCUT2D eigenvalue weighted by Gasteiger charge is 2.47. The highest BCUT2D eigenvalue weighted by molar-refractivity contribution is 7.91. The zero-order chi connectivity index (χ0) is 19.9. The van der Waals surface area contributed by atoms with Gasteiger partial charge in [-0.25, -0.2) is 13.2 Å². The second kappa shape index (κ2) is 7.99. The molecular formula is C18H29ClN4O4S. The van der Waals surface area contributed by atoms with Crippen molar-refractivity contribution in [3.8, 4) is 0 Å². The van der Waals surface area contributed by atoms with Crippen LogP contribution in [0.5, 0.6) is 0 Å². The molecule has 158 valence electrons. The maximum absolute atomic E-state index is 12.5. The summed E-state index contributed by atoms with van der Waals surface area (Å²) < 4.78 is 22.9. The van der Waals surface area contributed by atoms with Gasteiger partial charge in [-0.2, -0.15) is 0 Å². The monoisotopic (exact) mass is 432 g/mol. The van der Waals surface area contributed by atoms with Crippen molar-refractivity contribution in [2.45, 2.75) is 55.6 Å². The molecule has 0 aromatic carbocycles. The molecule has 0 bridgehead atoms. The first-order valence-electron chi connectivity index (χ1n) is 10.2. The number of carbonyl (C=O) groups excluding carboxylic acids is 2. The Balaban J connectivity index is 1.22. The first kappa shape index (κ1) is 20.2. The number of alkyl halides is 1. The van der Waals surface area contributed by atoms with Crippen LogP contribution in [0.4, 0.5) is 4.79 Å². The van der Waals surface area contributed by atoms with Crippen molar-refractivity contribution in [3.63, 3.8) is 0 Å². The van der Waals surface area contributed by atoms with Crippen LogP contribution < -0.4 is 16.0 Å². The van der Waals surface area contributed by atoms with E-state index in [0.717, 1.165) is 25.7 Å². The average Bonchev–Trinajstić information content (AvgIpc) is 3.18. The van der Waals surface area contributed by atoms with Gasteiger partial charge in [0, 0.05) is 36.6 Å². The predicted molar refractivity (Wildman–Crippen MR) is 106 cm³/mol. The van der Waals surface area contributed by atoms with Gasteiger partial charge < -0.3 is 20.9 Å². The topological polar surface area (TPSA) is 108 Å². The average molecular weight is 433 g/mol. The number of carbonyl (C=O) groups is 2. The highest BCUT2D eigenvalue weighted by Crippen LogP contribution is 2.42. The Morgan fingerprint density at radius 2 is 1.93 bits per heavy atom. The van der Waals surface area contributed by atoms with Crippen LogP contribution in [0.1, 0.15) is 32.1 Å². The summed E-state index contributed by atoms with van der Waals surface area (Å²) >= 11 is 6.37. The largest absolute Gasteiger partial charge is 0.351 e. The van der Waals surface area contributed by atoms with E-state index in [1.165, 1.54) is 0 Å². The molecule has 28 heavy (non-hydrogen) atoms. The summed E-state index contributed by atoms with van der Waals surface area (Å²) in [5, 5.41) is 9.34. The second-order valence-corrected chi connectivity index (χ2v) is 11.5. The number of piperidine rings is 1. The van der Waals surface area contributed by atoms with Crippen LogP contribution in [0.3, 0.4) is 0 Å². The molecule has 0 aromatic heterocycles. The number of likely N-dealkylation sites (tertiary alicyclic amines) is 1. The second-order valence-electron chi connectivity index (χ2n) is 8.68. The number of nitrogens with one attached hydrogen (secondary N) is 3. The number of hydrogen-bond acceptors (Lipinski definition) is 5. The molecular weight excluding hydrogens is 404 g/mol. The Morgan fingerprint density at radius 1 is 1.11 bits per heavy atom. The Morgan fingerprint density at radius 3 is 2.68 bits per heavy atom. The quantitative estimate of drug-likeness (QED) is 0.547. The standard InChI is InChI=1S/C18H29ClN4O4S/c19-11-1-2-15-14(7-11)13-3-5-23(9-16(13)22-15)18(25)20-8-17(24)21-12-4-6-28(26,27)10-12/h11-16,22H,1-10H2,(H,20,25)(H,21,24)/t11?,12-,13?,14?,15?,16?/m1/s1. The van der Waals surface area contributed by atoms with E-state index in [1.54, 1.807) is 4.90 Å². The third kappa shape index (κ3) is 4.41. The molecule has 5 unspecified atom stereocenters. The van der Waals surface area contributed by atoms with Gasteiger partial charge >= 0.3 is 6.03 Å². The minimum Gasteiger partial charge on any atom is -0.351 e. The maximum Gasteiger partial charge on any atom is 0.317 e. The van der Waals surface area contributed by atoms with Crippen molar-refractivity contribution < 1.29 is 18.0 Å². The molecule has 6 atom stereocenters. The van der Waals surface area contributed by atoms with Gasteiger partial charge in [0.1, 0.15) is 0 Å². The lowest BCUT2D eigenvalue weighted by molar-refractivity contribution is -0.120. The zero-order valence-corrected chi connectivity index (χ0v) is 17.5. The van der Waals surface area contributed by atoms with Gasteiger partial charge in [0.15, 0.2) is 9.84 Å². The summed E-state index contributed by atoms with van der Waals surface area (Å²) in [6, 6.07) is 0.233. The first-order chi connectivity index (χ1) is 13.3. The van der Waals surface area contributed by atoms with E-state index >= 15 is 0 Å². The van der Waals surface area contributed by atoms with E-state index in [4.69, 9.17) is 11.6 Å². The van der Waals surface area contributed by atoms with E-state index in [1.807, 2.05) is 0 Å². The fourth-order valence-corrected chi connectivity index (χ4v) is 7.41. The molecule has 0 spiro atoms. The summed E-state index contributed by atoms with van der Waals surface area (Å²) in [4.78, 5) is 26.3. The highest BCUT2D eigenvalue weighted by atomic mass is 35.5. The van der Waals surface area contributed by atoms with Crippen molar-refractivity contribution in [1.82, 2.24) is 20.9 Å². The predicted octanol–water partition coefficient (Wildman–Crippen LogP) is 0.0691. The molecule has 4 rings (SSSR count). The summed E-state index contributed by atoms with van der Waals surface area (Å²) in [5.41, 5.74) is 0. The van der Waals surface area contributed by atoms with E-state index in [2.05, 4.69) is 16.0 Å². The Kier molecular flexibility index (Phi) is 5.77. The molecule has 3 aliphatic heterocycles. The molecule has 10 heteroatoms. The lowest BCUT2D eigenvalue weighted by Gasteiger charge is -2.37. The number of fused-ring (bicyclic) bond motifs is 3. The van der Waals surface area contributed by atoms with Crippen LogP contribution >= 0.6 is 11.6 Å². The summed E-state index contributed by atoms with van der Waals surface area (Å²) in [5.74, 6) is 0.936. The van der Waals surface area contributed by atoms with Crippen molar-refractivity contribution >= 4 is 33.4 Å². The number of nitrogens with zero attached hydrogens (tertiary/aromatic N) is 1. The zero-order valence-electron chi connectivity index (χ0n) is 15.9. The van der Waals surface area contributed by atoms with Gasteiger partial charge in [-0.05, 0) is 43.9 Å². The number of hydrogen-bond donors (Lipinski definition) is 3. The van der Waals surface area contributed by atoms with Gasteiger partial charge in [-0.3, -0.25) is 4.79 Å². The summed E-state index contributed by atoms with van der Waals surface area (Å²) in [7, 11) is -3.04. The fourth-order valence-electron chi connectivity index (χ4n) is 5.41. The van der Waals surface area contributed by atoms with Crippen LogP contribution in [0.25, 0.3) is 0 Å². The Hall–Kier alpha value is -1.06. The third-order valence-electron chi connectivity index (χ3n) is 6.76. The van der Waals surface area contributed by atoms with E-state index in [-0.39, 0.29) is 41.4 Å². The van der Waals surface area contributed by atoms with Crippen molar-refractivity contribution in [1.29, 1.82) is 0 Å². The van der Waals surface area contributed by atoms with Crippen LogP contribution in [-0.2, 0) is 14.6 Å². The van der Waals surface area contributed by atoms with Crippen LogP contribution in [0.15, 0.2) is 0 Å². The smallest absolute Gasteiger partial charge is 0.317 e. The minimum absolute atomic E-state index is 0.0148. The molecule has 0 aromatic rings. The van der Waals surface area contributed by atoms with Gasteiger partial charge in [0.25, 0.3) is 0 Å². The molecule has 3 N–H and O–H groups in total.